The average molecular weight is 227 g/mol. The number of oxime groups is 1. The third-order valence-corrected chi connectivity index (χ3v) is 3.07. The van der Waals surface area contributed by atoms with Crippen molar-refractivity contribution in [3.05, 3.63) is 0 Å². The van der Waals surface area contributed by atoms with Gasteiger partial charge in [-0.3, -0.25) is 4.79 Å². The molecule has 0 aromatic rings. The fourth-order valence-electron chi connectivity index (χ4n) is 1.62. The van der Waals surface area contributed by atoms with Gasteiger partial charge in [0.25, 0.3) is 0 Å². The molecule has 0 bridgehead atoms. The second kappa shape index (κ2) is 5.72. The number of nitrogens with one attached hydrogen (secondary N) is 1. The minimum Gasteiger partial charge on any atom is -0.409 e. The number of hydrogen-bond donors (Lipinski definition) is 3. The molecule has 5 heteroatoms. The summed E-state index contributed by atoms with van der Waals surface area (Å²) in [5.74, 6) is 0.807. The summed E-state index contributed by atoms with van der Waals surface area (Å²) in [6.07, 6.45) is 3.54. The van der Waals surface area contributed by atoms with E-state index in [0.717, 1.165) is 19.3 Å². The van der Waals surface area contributed by atoms with Crippen molar-refractivity contribution >= 4 is 11.7 Å². The van der Waals surface area contributed by atoms with Crippen molar-refractivity contribution < 1.29 is 10.0 Å². The fourth-order valence-corrected chi connectivity index (χ4v) is 1.62. The van der Waals surface area contributed by atoms with Crippen molar-refractivity contribution in [2.45, 2.75) is 45.6 Å². The monoisotopic (exact) mass is 227 g/mol. The van der Waals surface area contributed by atoms with Crippen LogP contribution in [-0.4, -0.2) is 23.0 Å². The van der Waals surface area contributed by atoms with Gasteiger partial charge >= 0.3 is 0 Å². The van der Waals surface area contributed by atoms with E-state index >= 15 is 0 Å². The maximum absolute atomic E-state index is 11.7. The summed E-state index contributed by atoms with van der Waals surface area (Å²) in [6, 6.07) is -0.290. The topological polar surface area (TPSA) is 87.7 Å². The second-order valence-corrected chi connectivity index (χ2v) is 4.63. The highest BCUT2D eigenvalue weighted by Gasteiger charge is 2.35. The molecule has 1 fully saturated rings. The number of amides is 1. The Morgan fingerprint density at radius 1 is 1.62 bits per heavy atom. The molecule has 2 unspecified atom stereocenters. The highest BCUT2D eigenvalue weighted by Crippen LogP contribution is 2.32. The van der Waals surface area contributed by atoms with Crippen molar-refractivity contribution in [2.75, 3.05) is 0 Å². The van der Waals surface area contributed by atoms with Crippen LogP contribution in [0.3, 0.4) is 0 Å². The van der Waals surface area contributed by atoms with Gasteiger partial charge in [-0.25, -0.2) is 0 Å². The normalized spacial score (nSPS) is 20.2. The highest BCUT2D eigenvalue weighted by atomic mass is 16.4. The fraction of sp³-hybridized carbons (Fsp3) is 0.818. The number of amidine groups is 1. The van der Waals surface area contributed by atoms with Gasteiger partial charge in [-0.1, -0.05) is 25.4 Å². The van der Waals surface area contributed by atoms with Crippen LogP contribution >= 0.6 is 0 Å². The molecule has 2 atom stereocenters. The standard InChI is InChI=1S/C11H21N3O2/c1-3-7(2)6-9(15)13-10(8-4-5-8)11(12)14-16/h7-8,10,16H,3-6H2,1-2H3,(H2,12,14)(H,13,15). The van der Waals surface area contributed by atoms with Crippen LogP contribution < -0.4 is 11.1 Å². The van der Waals surface area contributed by atoms with Gasteiger partial charge in [-0.2, -0.15) is 0 Å². The smallest absolute Gasteiger partial charge is 0.220 e. The number of rotatable bonds is 6. The van der Waals surface area contributed by atoms with Crippen molar-refractivity contribution in [1.82, 2.24) is 5.32 Å². The molecule has 0 saturated heterocycles. The van der Waals surface area contributed by atoms with Crippen LogP contribution in [0.25, 0.3) is 0 Å². The lowest BCUT2D eigenvalue weighted by Gasteiger charge is -2.17. The van der Waals surface area contributed by atoms with Crippen molar-refractivity contribution in [3.63, 3.8) is 0 Å². The zero-order valence-corrected chi connectivity index (χ0v) is 9.94. The largest absolute Gasteiger partial charge is 0.409 e. The van der Waals surface area contributed by atoms with Crippen LogP contribution in [0.5, 0.6) is 0 Å². The van der Waals surface area contributed by atoms with E-state index in [2.05, 4.69) is 17.4 Å². The van der Waals surface area contributed by atoms with Gasteiger partial charge in [0.2, 0.25) is 5.91 Å². The number of nitrogens with zero attached hydrogens (tertiary/aromatic N) is 1. The number of nitrogens with two attached hydrogens (primary N) is 1. The molecule has 1 aliphatic rings. The summed E-state index contributed by atoms with van der Waals surface area (Å²) in [4.78, 5) is 11.7. The lowest BCUT2D eigenvalue weighted by atomic mass is 10.0. The summed E-state index contributed by atoms with van der Waals surface area (Å²) in [5, 5.41) is 14.5. The molecule has 0 radical (unpaired) electrons. The third-order valence-electron chi connectivity index (χ3n) is 3.07. The molecule has 0 spiro atoms. The van der Waals surface area contributed by atoms with Gasteiger partial charge < -0.3 is 16.3 Å². The van der Waals surface area contributed by atoms with Crippen molar-refractivity contribution in [2.24, 2.45) is 22.7 Å². The first-order valence-corrected chi connectivity index (χ1v) is 5.85. The van der Waals surface area contributed by atoms with Gasteiger partial charge in [0.05, 0.1) is 6.04 Å². The molecule has 0 aliphatic heterocycles. The molecule has 16 heavy (non-hydrogen) atoms. The minimum absolute atomic E-state index is 0.0159. The zero-order chi connectivity index (χ0) is 12.1. The highest BCUT2D eigenvalue weighted by molar-refractivity contribution is 5.90. The van der Waals surface area contributed by atoms with Crippen LogP contribution in [0.4, 0.5) is 0 Å². The molecule has 5 nitrogen and oxygen atoms in total. The number of carbonyl (C=O) groups is 1. The Labute approximate surface area is 96.1 Å². The average Bonchev–Trinajstić information content (AvgIpc) is 3.08. The predicted octanol–water partition coefficient (Wildman–Crippen LogP) is 1.06. The Balaban J connectivity index is 2.45. The van der Waals surface area contributed by atoms with Gasteiger partial charge in [0.15, 0.2) is 5.84 Å². The Kier molecular flexibility index (Phi) is 4.58. The molecule has 1 rings (SSSR count). The van der Waals surface area contributed by atoms with Crippen LogP contribution in [0.2, 0.25) is 0 Å². The summed E-state index contributed by atoms with van der Waals surface area (Å²) in [7, 11) is 0. The van der Waals surface area contributed by atoms with Crippen LogP contribution in [0.1, 0.15) is 39.5 Å². The lowest BCUT2D eigenvalue weighted by Crippen LogP contribution is -2.46. The van der Waals surface area contributed by atoms with Crippen LogP contribution in [0, 0.1) is 11.8 Å². The molecule has 0 heterocycles. The maximum atomic E-state index is 11.7. The van der Waals surface area contributed by atoms with E-state index in [-0.39, 0.29) is 17.8 Å². The van der Waals surface area contributed by atoms with E-state index in [1.54, 1.807) is 0 Å². The van der Waals surface area contributed by atoms with E-state index in [9.17, 15) is 4.79 Å². The maximum Gasteiger partial charge on any atom is 0.220 e. The first kappa shape index (κ1) is 12.8. The van der Waals surface area contributed by atoms with Crippen molar-refractivity contribution in [3.8, 4) is 0 Å². The molecular weight excluding hydrogens is 206 g/mol. The molecule has 1 amide bonds. The minimum atomic E-state index is -0.290. The molecule has 92 valence electrons. The van der Waals surface area contributed by atoms with Gasteiger partial charge in [-0.05, 0) is 24.7 Å². The summed E-state index contributed by atoms with van der Waals surface area (Å²) >= 11 is 0. The molecule has 0 aromatic heterocycles. The zero-order valence-electron chi connectivity index (χ0n) is 9.94. The third kappa shape index (κ3) is 3.72. The van der Waals surface area contributed by atoms with E-state index in [1.165, 1.54) is 0 Å². The first-order valence-electron chi connectivity index (χ1n) is 5.85. The van der Waals surface area contributed by atoms with Crippen LogP contribution in [0.15, 0.2) is 5.16 Å². The van der Waals surface area contributed by atoms with E-state index in [1.807, 2.05) is 6.92 Å². The van der Waals surface area contributed by atoms with E-state index < -0.39 is 0 Å². The van der Waals surface area contributed by atoms with Gasteiger partial charge in [-0.15, -0.1) is 0 Å². The number of hydrogen-bond acceptors (Lipinski definition) is 3. The molecule has 1 aliphatic carbocycles. The number of carbonyl (C=O) groups excluding carboxylic acids is 1. The summed E-state index contributed by atoms with van der Waals surface area (Å²) < 4.78 is 0. The van der Waals surface area contributed by atoms with Gasteiger partial charge in [0, 0.05) is 6.42 Å². The second-order valence-electron chi connectivity index (χ2n) is 4.63. The van der Waals surface area contributed by atoms with E-state index in [0.29, 0.717) is 18.3 Å². The molecule has 4 N–H and O–H groups in total. The Morgan fingerprint density at radius 3 is 2.69 bits per heavy atom. The lowest BCUT2D eigenvalue weighted by molar-refractivity contribution is -0.122. The van der Waals surface area contributed by atoms with E-state index in [4.69, 9.17) is 10.9 Å². The summed E-state index contributed by atoms with van der Waals surface area (Å²) in [6.45, 7) is 4.09. The molecule has 0 aromatic carbocycles. The Bertz CT molecular complexity index is 274. The quantitative estimate of drug-likeness (QED) is 0.274. The first-order chi connectivity index (χ1) is 7.58. The Hall–Kier alpha value is -1.26. The summed E-state index contributed by atoms with van der Waals surface area (Å²) in [5.41, 5.74) is 5.56. The van der Waals surface area contributed by atoms with Gasteiger partial charge in [0.1, 0.15) is 0 Å². The van der Waals surface area contributed by atoms with Crippen molar-refractivity contribution in [1.29, 1.82) is 0 Å². The SMILES string of the molecule is CCC(C)CC(=O)NC(C(N)=NO)C1CC1. The van der Waals surface area contributed by atoms with Crippen LogP contribution in [-0.2, 0) is 4.79 Å². The predicted molar refractivity (Wildman–Crippen MR) is 62.1 cm³/mol. The molecule has 1 saturated carbocycles. The Morgan fingerprint density at radius 2 is 2.25 bits per heavy atom. The molecular formula is C11H21N3O2.